The Morgan fingerprint density at radius 2 is 0.913 bits per heavy atom. The van der Waals surface area contributed by atoms with Crippen molar-refractivity contribution < 1.29 is 56.5 Å². The molecule has 6 N–H and O–H groups in total. The number of aromatic hydroxyl groups is 1. The minimum Gasteiger partial charge on any atom is -0.507 e. The van der Waals surface area contributed by atoms with Gasteiger partial charge >= 0.3 is 15.6 Å². The molecule has 6 aromatic rings. The van der Waals surface area contributed by atoms with E-state index in [-0.39, 0.29) is 91.7 Å². The van der Waals surface area contributed by atoms with Crippen molar-refractivity contribution in [2.75, 3.05) is 29.2 Å². The van der Waals surface area contributed by atoms with E-state index >= 15 is 0 Å². The van der Waals surface area contributed by atoms with Crippen LogP contribution in [0, 0.1) is 34.0 Å². The zero-order chi connectivity index (χ0) is 50.7. The van der Waals surface area contributed by atoms with Crippen molar-refractivity contribution in [3.05, 3.63) is 141 Å². The van der Waals surface area contributed by atoms with Crippen LogP contribution in [0.1, 0.15) is 62.0 Å². The van der Waals surface area contributed by atoms with Crippen molar-refractivity contribution in [2.45, 2.75) is 13.8 Å². The van der Waals surface area contributed by atoms with E-state index in [1.165, 1.54) is 73.3 Å². The van der Waals surface area contributed by atoms with Crippen LogP contribution in [0.5, 0.6) is 17.2 Å². The number of phenols is 1. The van der Waals surface area contributed by atoms with E-state index in [1.54, 1.807) is 19.9 Å². The van der Waals surface area contributed by atoms with Crippen LogP contribution in [0.4, 0.5) is 17.5 Å². The van der Waals surface area contributed by atoms with E-state index in [1.807, 2.05) is 12.1 Å². The van der Waals surface area contributed by atoms with E-state index in [4.69, 9.17) is 73.9 Å². The fourth-order valence-corrected chi connectivity index (χ4v) is 6.91. The van der Waals surface area contributed by atoms with Gasteiger partial charge in [-0.25, -0.2) is 39.0 Å². The number of phosphoric acid groups is 2. The number of hydrogen-bond acceptors (Lipinski definition) is 19. The maximum atomic E-state index is 12.6. The second kappa shape index (κ2) is 25.5. The standard InChI is InChI=1S/C16H16ClN4O5P.C12H8ClN4O5P.C12H7ClN4O2/c1-3-24-27(23,25-4-2)26-14-6-5-11(17)7-13(14)16(22)21-15-10-19-12(8-18)9-20-15;13-7-1-2-10(22-23(19,20)21)9(3-7)12(18)17-11-6-15-8(4-14)5-16-11;13-7-1-2-10(18)9(3-7)12(19)17-11-6-15-8(4-14)5-16-11/h5-7,9-10H,3-4H2,1-2H3,(H,20,21,22);1-3,5-6H,(H,16,17,18)(H2,19,20,21);1-3,5-6,18H,(H,16,17,19). The van der Waals surface area contributed by atoms with Crippen LogP contribution in [-0.2, 0) is 18.2 Å². The number of hydrogen-bond donors (Lipinski definition) is 6. The number of halogens is 3. The number of anilines is 3. The molecular weight excluding hydrogens is 1010 g/mol. The van der Waals surface area contributed by atoms with Gasteiger partial charge in [0.2, 0.25) is 0 Å². The molecule has 3 amide bonds. The van der Waals surface area contributed by atoms with Crippen LogP contribution < -0.4 is 25.0 Å². The lowest BCUT2D eigenvalue weighted by Crippen LogP contribution is -2.15. The molecule has 0 radical (unpaired) electrons. The Labute approximate surface area is 405 Å². The van der Waals surface area contributed by atoms with E-state index in [0.29, 0.717) is 5.02 Å². The van der Waals surface area contributed by atoms with Crippen molar-refractivity contribution in [3.8, 4) is 35.5 Å². The maximum Gasteiger partial charge on any atom is 0.530 e. The summed E-state index contributed by atoms with van der Waals surface area (Å²) in [6.07, 6.45) is 7.23. The fraction of sp³-hybridized carbons (Fsp3) is 0.100. The van der Waals surface area contributed by atoms with Gasteiger partial charge in [-0.15, -0.1) is 0 Å². The van der Waals surface area contributed by atoms with Gasteiger partial charge in [0.25, 0.3) is 17.7 Å². The third kappa shape index (κ3) is 17.2. The molecule has 69 heavy (non-hydrogen) atoms. The van der Waals surface area contributed by atoms with E-state index in [9.17, 15) is 28.6 Å². The summed E-state index contributed by atoms with van der Waals surface area (Å²) in [7, 11) is -8.75. The number of rotatable bonds is 14. The molecule has 0 aliphatic carbocycles. The molecule has 29 heteroatoms. The summed E-state index contributed by atoms with van der Waals surface area (Å²) in [6, 6.07) is 17.4. The molecule has 0 bridgehead atoms. The summed E-state index contributed by atoms with van der Waals surface area (Å²) in [5, 5.41) is 43.5. The Kier molecular flexibility index (Phi) is 19.9. The Morgan fingerprint density at radius 1 is 0.565 bits per heavy atom. The first-order chi connectivity index (χ1) is 32.8. The number of phenolic OH excluding ortho intramolecular Hbond substituents is 1. The zero-order valence-electron chi connectivity index (χ0n) is 35.1. The van der Waals surface area contributed by atoms with E-state index < -0.39 is 33.4 Å². The highest BCUT2D eigenvalue weighted by Gasteiger charge is 2.30. The Bertz CT molecular complexity index is 3030. The molecular formula is C40H31Cl3N12O12P2. The largest absolute Gasteiger partial charge is 0.530 e. The first-order valence-electron chi connectivity index (χ1n) is 18.8. The van der Waals surface area contributed by atoms with Crippen molar-refractivity contribution >= 4 is 85.6 Å². The SMILES string of the molecule is CCOP(=O)(OCC)Oc1ccc(Cl)cc1C(=O)Nc1cnc(C#N)cn1.N#Cc1cnc(NC(=O)c2cc(Cl)ccc2O)cn1.N#Cc1cnc(NC(=O)c2cc(Cl)ccc2OP(=O)(O)O)cn1. The topological polar surface area (TPSA) is 368 Å². The summed E-state index contributed by atoms with van der Waals surface area (Å²) in [5.41, 5.74) is 0.132. The van der Waals surface area contributed by atoms with Crippen LogP contribution in [-0.4, -0.2) is 75.7 Å². The van der Waals surface area contributed by atoms with Gasteiger partial charge in [-0.1, -0.05) is 34.8 Å². The fourth-order valence-electron chi connectivity index (χ4n) is 4.77. The second-order valence-corrected chi connectivity index (χ2v) is 16.5. The third-order valence-electron chi connectivity index (χ3n) is 7.60. The lowest BCUT2D eigenvalue weighted by molar-refractivity contribution is 0.101. The molecule has 24 nitrogen and oxygen atoms in total. The molecule has 3 aromatic carbocycles. The quantitative estimate of drug-likeness (QED) is 0.0575. The number of amides is 3. The normalized spacial score (nSPS) is 10.5. The number of carbonyl (C=O) groups is 3. The minimum atomic E-state index is -4.85. The first kappa shape index (κ1) is 54.0. The van der Waals surface area contributed by atoms with Crippen LogP contribution in [0.25, 0.3) is 0 Å². The Hall–Kier alpha value is -7.65. The highest BCUT2D eigenvalue weighted by atomic mass is 35.5. The van der Waals surface area contributed by atoms with Crippen LogP contribution in [0.15, 0.2) is 91.8 Å². The second-order valence-electron chi connectivity index (χ2n) is 12.5. The number of phosphoric ester groups is 2. The van der Waals surface area contributed by atoms with Crippen LogP contribution in [0.3, 0.4) is 0 Å². The molecule has 0 aliphatic rings. The van der Waals surface area contributed by atoms with Crippen molar-refractivity contribution in [1.82, 2.24) is 29.9 Å². The Balaban J connectivity index is 0.000000229. The van der Waals surface area contributed by atoms with Gasteiger partial charge in [0.15, 0.2) is 34.5 Å². The molecule has 3 heterocycles. The van der Waals surface area contributed by atoms with Crippen LogP contribution >= 0.6 is 50.4 Å². The summed E-state index contributed by atoms with van der Waals surface area (Å²) < 4.78 is 43.5. The summed E-state index contributed by atoms with van der Waals surface area (Å²) in [6.45, 7) is 3.45. The summed E-state index contributed by atoms with van der Waals surface area (Å²) in [4.78, 5) is 77.2. The molecule has 0 unspecified atom stereocenters. The van der Waals surface area contributed by atoms with Gasteiger partial charge in [-0.2, -0.15) is 15.8 Å². The first-order valence-corrected chi connectivity index (χ1v) is 22.9. The van der Waals surface area contributed by atoms with Gasteiger partial charge in [0, 0.05) is 15.1 Å². The number of benzene rings is 3. The zero-order valence-corrected chi connectivity index (χ0v) is 39.2. The number of carbonyl (C=O) groups excluding carboxylic acids is 3. The molecule has 354 valence electrons. The molecule has 0 fully saturated rings. The molecule has 0 saturated heterocycles. The highest BCUT2D eigenvalue weighted by Crippen LogP contribution is 2.50. The molecule has 0 saturated carbocycles. The van der Waals surface area contributed by atoms with Gasteiger partial charge in [-0.3, -0.25) is 33.2 Å². The highest BCUT2D eigenvalue weighted by molar-refractivity contribution is 7.49. The molecule has 6 rings (SSSR count). The van der Waals surface area contributed by atoms with Crippen molar-refractivity contribution in [2.24, 2.45) is 0 Å². The number of nitriles is 3. The van der Waals surface area contributed by atoms with Gasteiger partial charge < -0.3 is 30.1 Å². The predicted molar refractivity (Wildman–Crippen MR) is 244 cm³/mol. The van der Waals surface area contributed by atoms with Gasteiger partial charge in [-0.05, 0) is 68.4 Å². The minimum absolute atomic E-state index is 0.00621. The molecule has 0 atom stereocenters. The Morgan fingerprint density at radius 3 is 1.25 bits per heavy atom. The third-order valence-corrected chi connectivity index (χ3v) is 10.3. The average molecular weight is 1040 g/mol. The van der Waals surface area contributed by atoms with Crippen molar-refractivity contribution in [3.63, 3.8) is 0 Å². The molecule has 0 aliphatic heterocycles. The average Bonchev–Trinajstić information content (AvgIpc) is 3.31. The maximum absolute atomic E-state index is 12.6. The number of nitrogens with one attached hydrogen (secondary N) is 3. The molecule has 3 aromatic heterocycles. The summed E-state index contributed by atoms with van der Waals surface area (Å²) >= 11 is 17.5. The van der Waals surface area contributed by atoms with Gasteiger partial charge in [0.05, 0.1) is 67.1 Å². The smallest absolute Gasteiger partial charge is 0.507 e. The van der Waals surface area contributed by atoms with E-state index in [0.717, 1.165) is 18.5 Å². The lowest BCUT2D eigenvalue weighted by Gasteiger charge is -2.19. The predicted octanol–water partition coefficient (Wildman–Crippen LogP) is 7.50. The number of nitrogens with zero attached hydrogens (tertiary/aromatic N) is 9. The lowest BCUT2D eigenvalue weighted by atomic mass is 10.2. The van der Waals surface area contributed by atoms with Crippen molar-refractivity contribution in [1.29, 1.82) is 15.8 Å². The number of aromatic nitrogens is 6. The monoisotopic (exact) mass is 1040 g/mol. The van der Waals surface area contributed by atoms with E-state index in [2.05, 4.69) is 50.4 Å². The van der Waals surface area contributed by atoms with Gasteiger partial charge in [0.1, 0.15) is 35.5 Å². The molecule has 0 spiro atoms. The van der Waals surface area contributed by atoms with Crippen LogP contribution in [0.2, 0.25) is 15.1 Å². The summed E-state index contributed by atoms with van der Waals surface area (Å²) in [5.74, 6) is -2.23.